The highest BCUT2D eigenvalue weighted by atomic mass is 16.6. The van der Waals surface area contributed by atoms with Gasteiger partial charge in [-0.25, -0.2) is 0 Å². The summed E-state index contributed by atoms with van der Waals surface area (Å²) in [5.74, 6) is -1.56. The van der Waals surface area contributed by atoms with Gasteiger partial charge >= 0.3 is 5.97 Å². The lowest BCUT2D eigenvalue weighted by Crippen LogP contribution is -2.30. The summed E-state index contributed by atoms with van der Waals surface area (Å²) >= 11 is 0. The molecule has 0 bridgehead atoms. The van der Waals surface area contributed by atoms with Crippen LogP contribution in [0.15, 0.2) is 12.1 Å². The molecule has 9 nitrogen and oxygen atoms in total. The minimum Gasteiger partial charge on any atom is -0.493 e. The molecule has 1 aliphatic heterocycles. The van der Waals surface area contributed by atoms with Gasteiger partial charge < -0.3 is 19.5 Å². The average Bonchev–Trinajstić information content (AvgIpc) is 3.37. The van der Waals surface area contributed by atoms with E-state index in [9.17, 15) is 24.8 Å². The van der Waals surface area contributed by atoms with Crippen molar-refractivity contribution in [2.24, 2.45) is 17.8 Å². The summed E-state index contributed by atoms with van der Waals surface area (Å²) in [5.41, 5.74) is -0.525. The summed E-state index contributed by atoms with van der Waals surface area (Å²) in [5, 5.41) is 20.8. The van der Waals surface area contributed by atoms with E-state index in [0.717, 1.165) is 18.9 Å². The molecule has 1 saturated carbocycles. The van der Waals surface area contributed by atoms with Gasteiger partial charge in [-0.2, -0.15) is 0 Å². The van der Waals surface area contributed by atoms with Gasteiger partial charge in [0.15, 0.2) is 11.5 Å². The Morgan fingerprint density at radius 1 is 1.19 bits per heavy atom. The number of ether oxygens (including phenoxy) is 2. The summed E-state index contributed by atoms with van der Waals surface area (Å²) in [6, 6.07) is 2.43. The van der Waals surface area contributed by atoms with Crippen LogP contribution in [0.2, 0.25) is 0 Å². The van der Waals surface area contributed by atoms with Crippen LogP contribution in [0, 0.1) is 27.9 Å². The molecule has 2 atom stereocenters. The second kappa shape index (κ2) is 6.81. The minimum absolute atomic E-state index is 0.0564. The summed E-state index contributed by atoms with van der Waals surface area (Å²) in [6.07, 6.45) is 1.93. The Balaban J connectivity index is 1.94. The third-order valence-electron chi connectivity index (χ3n) is 5.13. The fourth-order valence-corrected chi connectivity index (χ4v) is 3.62. The molecule has 0 aromatic heterocycles. The zero-order chi connectivity index (χ0) is 19.0. The second-order valence-corrected chi connectivity index (χ2v) is 6.64. The van der Waals surface area contributed by atoms with Crippen molar-refractivity contribution in [2.75, 3.05) is 27.3 Å². The number of nitro benzene ring substituents is 1. The Bertz CT molecular complexity index is 760. The highest BCUT2D eigenvalue weighted by molar-refractivity contribution is 5.99. The Morgan fingerprint density at radius 3 is 2.31 bits per heavy atom. The first-order valence-corrected chi connectivity index (χ1v) is 8.29. The van der Waals surface area contributed by atoms with Crippen LogP contribution < -0.4 is 9.47 Å². The number of carbonyl (C=O) groups excluding carboxylic acids is 1. The van der Waals surface area contributed by atoms with E-state index >= 15 is 0 Å². The fourth-order valence-electron chi connectivity index (χ4n) is 3.62. The maximum absolute atomic E-state index is 12.9. The van der Waals surface area contributed by atoms with Crippen LogP contribution in [0.4, 0.5) is 5.69 Å². The molecule has 1 saturated heterocycles. The van der Waals surface area contributed by atoms with Crippen molar-refractivity contribution in [2.45, 2.75) is 12.8 Å². The predicted molar refractivity (Wildman–Crippen MR) is 89.4 cm³/mol. The van der Waals surface area contributed by atoms with Gasteiger partial charge in [0.25, 0.3) is 11.6 Å². The van der Waals surface area contributed by atoms with Crippen LogP contribution in [0.5, 0.6) is 11.5 Å². The molecule has 0 spiro atoms. The van der Waals surface area contributed by atoms with Gasteiger partial charge in [0.05, 0.1) is 31.1 Å². The van der Waals surface area contributed by atoms with Gasteiger partial charge in [-0.3, -0.25) is 19.7 Å². The van der Waals surface area contributed by atoms with Crippen LogP contribution >= 0.6 is 0 Å². The topological polar surface area (TPSA) is 119 Å². The number of hydrogen-bond donors (Lipinski definition) is 1. The first-order chi connectivity index (χ1) is 12.4. The molecule has 3 rings (SSSR count). The molecule has 1 aromatic carbocycles. The van der Waals surface area contributed by atoms with Crippen LogP contribution in [-0.2, 0) is 4.79 Å². The van der Waals surface area contributed by atoms with Crippen LogP contribution in [-0.4, -0.2) is 54.1 Å². The summed E-state index contributed by atoms with van der Waals surface area (Å²) in [4.78, 5) is 36.6. The van der Waals surface area contributed by atoms with Crippen molar-refractivity contribution in [1.29, 1.82) is 0 Å². The first kappa shape index (κ1) is 18.0. The number of methoxy groups -OCH3 is 2. The summed E-state index contributed by atoms with van der Waals surface area (Å²) < 4.78 is 10.2. The highest BCUT2D eigenvalue weighted by Crippen LogP contribution is 2.45. The molecule has 1 N–H and O–H groups in total. The summed E-state index contributed by atoms with van der Waals surface area (Å²) in [6.45, 7) is 0.354. The number of amides is 1. The third kappa shape index (κ3) is 3.16. The molecule has 2 fully saturated rings. The number of carbonyl (C=O) groups is 2. The second-order valence-electron chi connectivity index (χ2n) is 6.64. The Labute approximate surface area is 149 Å². The molecule has 0 radical (unpaired) electrons. The SMILES string of the molecule is COc1cc(C(=O)N2C[C@H](C(=O)O)[C@@H](C3CC3)C2)c([N+](=O)[O-])cc1OC. The lowest BCUT2D eigenvalue weighted by molar-refractivity contribution is -0.385. The quantitative estimate of drug-likeness (QED) is 0.603. The lowest BCUT2D eigenvalue weighted by atomic mass is 9.92. The van der Waals surface area contributed by atoms with Crippen LogP contribution in [0.3, 0.4) is 0 Å². The summed E-state index contributed by atoms with van der Waals surface area (Å²) in [7, 11) is 2.72. The lowest BCUT2D eigenvalue weighted by Gasteiger charge is -2.17. The molecule has 1 heterocycles. The van der Waals surface area contributed by atoms with Gasteiger partial charge in [-0.1, -0.05) is 0 Å². The van der Waals surface area contributed by atoms with Crippen molar-refractivity contribution in [1.82, 2.24) is 4.90 Å². The van der Waals surface area contributed by atoms with Gasteiger partial charge in [0.2, 0.25) is 0 Å². The number of rotatable bonds is 6. The maximum atomic E-state index is 12.9. The molecular formula is C17H20N2O7. The van der Waals surface area contributed by atoms with E-state index in [-0.39, 0.29) is 29.5 Å². The monoisotopic (exact) mass is 364 g/mol. The van der Waals surface area contributed by atoms with Crippen molar-refractivity contribution in [3.8, 4) is 11.5 Å². The first-order valence-electron chi connectivity index (χ1n) is 8.29. The molecule has 9 heteroatoms. The normalized spacial score (nSPS) is 22.2. The van der Waals surface area contributed by atoms with Crippen molar-refractivity contribution in [3.63, 3.8) is 0 Å². The van der Waals surface area contributed by atoms with Crippen LogP contribution in [0.1, 0.15) is 23.2 Å². The minimum atomic E-state index is -0.931. The molecule has 0 unspecified atom stereocenters. The van der Waals surface area contributed by atoms with E-state index in [0.29, 0.717) is 12.5 Å². The number of nitro groups is 1. The smallest absolute Gasteiger partial charge is 0.308 e. The molecule has 2 aliphatic rings. The Hall–Kier alpha value is -2.84. The fraction of sp³-hybridized carbons (Fsp3) is 0.529. The molecule has 1 aliphatic carbocycles. The number of benzene rings is 1. The standard InChI is InChI=1S/C17H20N2O7/c1-25-14-5-10(13(19(23)24)6-15(14)26-2)16(20)18-7-11(9-3-4-9)12(8-18)17(21)22/h5-6,9,11-12H,3-4,7-8H2,1-2H3,(H,21,22)/t11-,12+/m1/s1. The molecular weight excluding hydrogens is 344 g/mol. The Kier molecular flexibility index (Phi) is 4.71. The van der Waals surface area contributed by atoms with Crippen LogP contribution in [0.25, 0.3) is 0 Å². The van der Waals surface area contributed by atoms with Crippen molar-refractivity contribution < 1.29 is 29.1 Å². The largest absolute Gasteiger partial charge is 0.493 e. The van der Waals surface area contributed by atoms with Gasteiger partial charge in [-0.15, -0.1) is 0 Å². The molecule has 1 amide bonds. The third-order valence-corrected chi connectivity index (χ3v) is 5.13. The number of carboxylic acids is 1. The van der Waals surface area contributed by atoms with E-state index in [4.69, 9.17) is 9.47 Å². The zero-order valence-corrected chi connectivity index (χ0v) is 14.5. The van der Waals surface area contributed by atoms with Crippen molar-refractivity contribution in [3.05, 3.63) is 27.8 Å². The number of hydrogen-bond acceptors (Lipinski definition) is 6. The number of likely N-dealkylation sites (tertiary alicyclic amines) is 1. The van der Waals surface area contributed by atoms with Gasteiger partial charge in [-0.05, 0) is 24.7 Å². The maximum Gasteiger partial charge on any atom is 0.308 e. The van der Waals surface area contributed by atoms with Crippen molar-refractivity contribution >= 4 is 17.6 Å². The average molecular weight is 364 g/mol. The number of carboxylic acid groups (broad SMARTS) is 1. The van der Waals surface area contributed by atoms with E-state index < -0.39 is 28.4 Å². The van der Waals surface area contributed by atoms with Gasteiger partial charge in [0, 0.05) is 19.2 Å². The highest BCUT2D eigenvalue weighted by Gasteiger charge is 2.47. The Morgan fingerprint density at radius 2 is 1.81 bits per heavy atom. The van der Waals surface area contributed by atoms with E-state index in [1.807, 2.05) is 0 Å². The van der Waals surface area contributed by atoms with Gasteiger partial charge in [0.1, 0.15) is 5.56 Å². The van der Waals surface area contributed by atoms with E-state index in [2.05, 4.69) is 0 Å². The van der Waals surface area contributed by atoms with E-state index in [1.165, 1.54) is 25.2 Å². The molecule has 1 aromatic rings. The molecule has 26 heavy (non-hydrogen) atoms. The number of aliphatic carboxylic acids is 1. The zero-order valence-electron chi connectivity index (χ0n) is 14.5. The predicted octanol–water partition coefficient (Wildman–Crippen LogP) is 1.79. The van der Waals surface area contributed by atoms with E-state index in [1.54, 1.807) is 0 Å². The molecule has 140 valence electrons. The number of nitrogens with zero attached hydrogens (tertiary/aromatic N) is 2.